The lowest BCUT2D eigenvalue weighted by Crippen LogP contribution is -2.31. The van der Waals surface area contributed by atoms with Gasteiger partial charge in [-0.3, -0.25) is 19.2 Å². The van der Waals surface area contributed by atoms with E-state index in [9.17, 15) is 19.2 Å². The van der Waals surface area contributed by atoms with E-state index in [1.54, 1.807) is 48.5 Å². The van der Waals surface area contributed by atoms with Crippen LogP contribution in [0.2, 0.25) is 0 Å². The Bertz CT molecular complexity index is 890. The van der Waals surface area contributed by atoms with Crippen LogP contribution in [0.5, 0.6) is 0 Å². The average Bonchev–Trinajstić information content (AvgIpc) is 2.63. The van der Waals surface area contributed by atoms with Gasteiger partial charge in [0.25, 0.3) is 5.91 Å². The van der Waals surface area contributed by atoms with Gasteiger partial charge >= 0.3 is 5.97 Å². The number of nitrogens with one attached hydrogen (secondary N) is 2. The summed E-state index contributed by atoms with van der Waals surface area (Å²) in [6.07, 6.45) is -1.03. The van der Waals surface area contributed by atoms with Crippen LogP contribution in [0, 0.1) is 0 Å². The van der Waals surface area contributed by atoms with Crippen molar-refractivity contribution in [3.8, 4) is 0 Å². The van der Waals surface area contributed by atoms with E-state index in [0.717, 1.165) is 0 Å². The van der Waals surface area contributed by atoms with Gasteiger partial charge in [-0.2, -0.15) is 0 Å². The van der Waals surface area contributed by atoms with Crippen molar-refractivity contribution in [2.45, 2.75) is 33.3 Å². The average molecular weight is 382 g/mol. The SMILES string of the molecule is CC(=O)Nc1ccc(CC(=O)O[C@H](C)C(=O)Nc2ccccc2C(C)=O)cc1. The summed E-state index contributed by atoms with van der Waals surface area (Å²) in [6, 6.07) is 13.4. The number of amides is 2. The Morgan fingerprint density at radius 2 is 1.57 bits per heavy atom. The van der Waals surface area contributed by atoms with Crippen LogP contribution in [-0.4, -0.2) is 29.7 Å². The number of carbonyl (C=O) groups excluding carboxylic acids is 4. The van der Waals surface area contributed by atoms with E-state index in [-0.39, 0.29) is 18.1 Å². The molecule has 0 aliphatic carbocycles. The quantitative estimate of drug-likeness (QED) is 0.566. The number of hydrogen-bond acceptors (Lipinski definition) is 5. The van der Waals surface area contributed by atoms with Gasteiger partial charge in [-0.15, -0.1) is 0 Å². The zero-order valence-electron chi connectivity index (χ0n) is 15.9. The number of hydrogen-bond donors (Lipinski definition) is 2. The fraction of sp³-hybridized carbons (Fsp3) is 0.238. The highest BCUT2D eigenvalue weighted by atomic mass is 16.5. The topological polar surface area (TPSA) is 102 Å². The zero-order valence-corrected chi connectivity index (χ0v) is 15.9. The summed E-state index contributed by atoms with van der Waals surface area (Å²) in [5.41, 5.74) is 2.07. The van der Waals surface area contributed by atoms with Crippen LogP contribution in [0.1, 0.15) is 36.7 Å². The molecule has 0 saturated heterocycles. The molecule has 1 atom stereocenters. The van der Waals surface area contributed by atoms with Crippen molar-refractivity contribution < 1.29 is 23.9 Å². The van der Waals surface area contributed by atoms with E-state index in [2.05, 4.69) is 10.6 Å². The van der Waals surface area contributed by atoms with Crippen molar-refractivity contribution in [1.29, 1.82) is 0 Å². The van der Waals surface area contributed by atoms with Gasteiger partial charge in [0.2, 0.25) is 5.91 Å². The van der Waals surface area contributed by atoms with E-state index in [1.807, 2.05) is 0 Å². The first-order chi connectivity index (χ1) is 13.3. The fourth-order valence-corrected chi connectivity index (χ4v) is 2.50. The number of ether oxygens (including phenoxy) is 1. The monoisotopic (exact) mass is 382 g/mol. The number of para-hydroxylation sites is 1. The molecule has 0 fully saturated rings. The second-order valence-corrected chi connectivity index (χ2v) is 6.28. The number of anilines is 2. The molecule has 0 heterocycles. The molecule has 2 amide bonds. The normalized spacial score (nSPS) is 11.2. The molecule has 0 saturated carbocycles. The van der Waals surface area contributed by atoms with Crippen molar-refractivity contribution in [2.75, 3.05) is 10.6 Å². The van der Waals surface area contributed by atoms with Crippen LogP contribution in [0.15, 0.2) is 48.5 Å². The number of Topliss-reactive ketones (excluding diaryl/α,β-unsaturated/α-hetero) is 1. The number of ketones is 1. The Kier molecular flexibility index (Phi) is 7.03. The Morgan fingerprint density at radius 3 is 2.18 bits per heavy atom. The second kappa shape index (κ2) is 9.45. The highest BCUT2D eigenvalue weighted by molar-refractivity contribution is 6.04. The van der Waals surface area contributed by atoms with Crippen molar-refractivity contribution in [3.63, 3.8) is 0 Å². The Labute approximate surface area is 163 Å². The number of rotatable bonds is 7. The zero-order chi connectivity index (χ0) is 20.7. The van der Waals surface area contributed by atoms with E-state index in [4.69, 9.17) is 4.74 Å². The smallest absolute Gasteiger partial charge is 0.311 e. The molecule has 2 rings (SSSR count). The van der Waals surface area contributed by atoms with Crippen LogP contribution in [0.3, 0.4) is 0 Å². The minimum Gasteiger partial charge on any atom is -0.452 e. The molecule has 146 valence electrons. The van der Waals surface area contributed by atoms with Gasteiger partial charge < -0.3 is 15.4 Å². The second-order valence-electron chi connectivity index (χ2n) is 6.28. The van der Waals surface area contributed by atoms with Gasteiger partial charge in [0, 0.05) is 18.2 Å². The van der Waals surface area contributed by atoms with Gasteiger partial charge in [-0.1, -0.05) is 24.3 Å². The molecule has 2 aromatic carbocycles. The van der Waals surface area contributed by atoms with Gasteiger partial charge in [0.15, 0.2) is 11.9 Å². The molecule has 0 aliphatic rings. The maximum atomic E-state index is 12.3. The molecule has 7 heteroatoms. The lowest BCUT2D eigenvalue weighted by atomic mass is 10.1. The van der Waals surface area contributed by atoms with E-state index in [1.165, 1.54) is 20.8 Å². The van der Waals surface area contributed by atoms with Crippen molar-refractivity contribution in [1.82, 2.24) is 0 Å². The minimum absolute atomic E-state index is 0.0119. The third-order valence-electron chi connectivity index (χ3n) is 3.86. The van der Waals surface area contributed by atoms with Crippen LogP contribution in [0.25, 0.3) is 0 Å². The molecule has 7 nitrogen and oxygen atoms in total. The molecule has 0 aromatic heterocycles. The lowest BCUT2D eigenvalue weighted by Gasteiger charge is -2.15. The summed E-state index contributed by atoms with van der Waals surface area (Å²) in [4.78, 5) is 47.0. The van der Waals surface area contributed by atoms with Crippen molar-refractivity contribution >= 4 is 34.9 Å². The summed E-state index contributed by atoms with van der Waals surface area (Å²) in [7, 11) is 0. The largest absolute Gasteiger partial charge is 0.452 e. The molecule has 0 aliphatic heterocycles. The molecule has 28 heavy (non-hydrogen) atoms. The van der Waals surface area contributed by atoms with Crippen LogP contribution < -0.4 is 10.6 Å². The van der Waals surface area contributed by atoms with Crippen LogP contribution in [0.4, 0.5) is 11.4 Å². The summed E-state index contributed by atoms with van der Waals surface area (Å²) in [6.45, 7) is 4.28. The predicted molar refractivity (Wildman–Crippen MR) is 105 cm³/mol. The Hall–Kier alpha value is -3.48. The lowest BCUT2D eigenvalue weighted by molar-refractivity contribution is -0.152. The first kappa shape index (κ1) is 20.8. The summed E-state index contributed by atoms with van der Waals surface area (Å²) < 4.78 is 5.18. The Morgan fingerprint density at radius 1 is 0.929 bits per heavy atom. The number of esters is 1. The van der Waals surface area contributed by atoms with Crippen LogP contribution >= 0.6 is 0 Å². The predicted octanol–water partition coefficient (Wildman–Crippen LogP) is 2.96. The third kappa shape index (κ3) is 6.05. The van der Waals surface area contributed by atoms with Crippen molar-refractivity contribution in [2.24, 2.45) is 0 Å². The van der Waals surface area contributed by atoms with Gasteiger partial charge in [0.05, 0.1) is 12.1 Å². The summed E-state index contributed by atoms with van der Waals surface area (Å²) >= 11 is 0. The molecule has 2 aromatic rings. The minimum atomic E-state index is -1.02. The molecular weight excluding hydrogens is 360 g/mol. The first-order valence-electron chi connectivity index (χ1n) is 8.73. The fourth-order valence-electron chi connectivity index (χ4n) is 2.50. The summed E-state index contributed by atoms with van der Waals surface area (Å²) in [5.74, 6) is -1.44. The third-order valence-corrected chi connectivity index (χ3v) is 3.86. The Balaban J connectivity index is 1.92. The van der Waals surface area contributed by atoms with E-state index < -0.39 is 18.0 Å². The van der Waals surface area contributed by atoms with Gasteiger partial charge in [-0.25, -0.2) is 0 Å². The molecule has 0 spiro atoms. The first-order valence-corrected chi connectivity index (χ1v) is 8.73. The number of benzene rings is 2. The molecule has 0 bridgehead atoms. The van der Waals surface area contributed by atoms with Crippen LogP contribution in [-0.2, 0) is 25.5 Å². The molecule has 2 N–H and O–H groups in total. The highest BCUT2D eigenvalue weighted by Gasteiger charge is 2.19. The standard InChI is InChI=1S/C21H22N2O5/c1-13(24)18-6-4-5-7-19(18)23-21(27)14(2)28-20(26)12-16-8-10-17(11-9-16)22-15(3)25/h4-11,14H,12H2,1-3H3,(H,22,25)(H,23,27)/t14-/m1/s1. The van der Waals surface area contributed by atoms with E-state index in [0.29, 0.717) is 22.5 Å². The maximum Gasteiger partial charge on any atom is 0.311 e. The molecule has 0 unspecified atom stereocenters. The molecular formula is C21H22N2O5. The summed E-state index contributed by atoms with van der Waals surface area (Å²) in [5, 5.41) is 5.25. The van der Waals surface area contributed by atoms with E-state index >= 15 is 0 Å². The van der Waals surface area contributed by atoms with Gasteiger partial charge in [-0.05, 0) is 43.7 Å². The molecule has 0 radical (unpaired) electrons. The van der Waals surface area contributed by atoms with Gasteiger partial charge in [0.1, 0.15) is 0 Å². The maximum absolute atomic E-state index is 12.3. The van der Waals surface area contributed by atoms with Crippen molar-refractivity contribution in [3.05, 3.63) is 59.7 Å². The highest BCUT2D eigenvalue weighted by Crippen LogP contribution is 2.16. The number of carbonyl (C=O) groups is 4.